The summed E-state index contributed by atoms with van der Waals surface area (Å²) >= 11 is 5.18. The first kappa shape index (κ1) is 22.7. The Balaban J connectivity index is 2.27. The van der Waals surface area contributed by atoms with E-state index in [1.807, 2.05) is 26.2 Å². The molecule has 10 heteroatoms. The molecule has 0 aromatic heterocycles. The van der Waals surface area contributed by atoms with Gasteiger partial charge in [-0.05, 0) is 56.4 Å². The van der Waals surface area contributed by atoms with Crippen LogP contribution in [0.4, 0.5) is 0 Å². The van der Waals surface area contributed by atoms with Crippen LogP contribution >= 0.6 is 11.8 Å². The SMILES string of the molecule is CN(C)CCc1ccc(Oc2ccc(C(=O)NC(N)=NCl)cc2S(C)(=O)=O)cc1. The van der Waals surface area contributed by atoms with Crippen LogP contribution in [0.3, 0.4) is 0 Å². The van der Waals surface area contributed by atoms with Crippen LogP contribution < -0.4 is 15.8 Å². The number of nitrogens with one attached hydrogen (secondary N) is 1. The summed E-state index contributed by atoms with van der Waals surface area (Å²) in [4.78, 5) is 14.1. The number of amides is 1. The summed E-state index contributed by atoms with van der Waals surface area (Å²) < 4.78 is 33.3. The number of benzene rings is 2. The Hall–Kier alpha value is -2.62. The Morgan fingerprint density at radius 1 is 1.21 bits per heavy atom. The van der Waals surface area contributed by atoms with Crippen molar-refractivity contribution < 1.29 is 17.9 Å². The number of carbonyl (C=O) groups excluding carboxylic acids is 1. The molecular weight excluding hydrogens is 416 g/mol. The van der Waals surface area contributed by atoms with E-state index in [1.54, 1.807) is 12.1 Å². The van der Waals surface area contributed by atoms with Crippen molar-refractivity contribution in [2.75, 3.05) is 26.9 Å². The highest BCUT2D eigenvalue weighted by Gasteiger charge is 2.19. The number of hydrogen-bond acceptors (Lipinski definition) is 6. The maximum absolute atomic E-state index is 12.2. The Morgan fingerprint density at radius 2 is 1.86 bits per heavy atom. The molecule has 0 aliphatic carbocycles. The number of nitrogens with zero attached hydrogens (tertiary/aromatic N) is 2. The van der Waals surface area contributed by atoms with E-state index < -0.39 is 15.7 Å². The molecule has 0 radical (unpaired) electrons. The van der Waals surface area contributed by atoms with Crippen LogP contribution in [-0.2, 0) is 16.3 Å². The molecule has 3 N–H and O–H groups in total. The molecule has 156 valence electrons. The van der Waals surface area contributed by atoms with Gasteiger partial charge in [0.1, 0.15) is 16.4 Å². The van der Waals surface area contributed by atoms with Crippen LogP contribution in [0.15, 0.2) is 51.9 Å². The first-order valence-electron chi connectivity index (χ1n) is 8.61. The third-order valence-corrected chi connectivity index (χ3v) is 5.24. The molecule has 29 heavy (non-hydrogen) atoms. The number of hydrogen-bond donors (Lipinski definition) is 2. The van der Waals surface area contributed by atoms with E-state index in [0.717, 1.165) is 24.8 Å². The molecule has 0 fully saturated rings. The number of rotatable bonds is 7. The second kappa shape index (κ2) is 9.73. The summed E-state index contributed by atoms with van der Waals surface area (Å²) in [5.74, 6) is -0.343. The second-order valence-corrected chi connectivity index (χ2v) is 8.81. The largest absolute Gasteiger partial charge is 0.456 e. The summed E-state index contributed by atoms with van der Waals surface area (Å²) in [6.07, 6.45) is 1.93. The van der Waals surface area contributed by atoms with Gasteiger partial charge in [-0.15, -0.1) is 4.51 Å². The van der Waals surface area contributed by atoms with E-state index >= 15 is 0 Å². The summed E-state index contributed by atoms with van der Waals surface area (Å²) in [6, 6.07) is 11.5. The maximum Gasteiger partial charge on any atom is 0.258 e. The lowest BCUT2D eigenvalue weighted by molar-refractivity contribution is 0.0976. The number of sulfone groups is 1. The highest BCUT2D eigenvalue weighted by molar-refractivity contribution is 7.90. The van der Waals surface area contributed by atoms with Crippen LogP contribution in [0.25, 0.3) is 0 Å². The van der Waals surface area contributed by atoms with E-state index in [0.29, 0.717) is 5.75 Å². The van der Waals surface area contributed by atoms with Crippen molar-refractivity contribution in [3.8, 4) is 11.5 Å². The van der Waals surface area contributed by atoms with Crippen molar-refractivity contribution in [2.24, 2.45) is 10.2 Å². The molecule has 0 saturated carbocycles. The third-order valence-electron chi connectivity index (χ3n) is 3.94. The smallest absolute Gasteiger partial charge is 0.258 e. The molecule has 0 spiro atoms. The van der Waals surface area contributed by atoms with Gasteiger partial charge < -0.3 is 15.4 Å². The first-order valence-corrected chi connectivity index (χ1v) is 10.8. The standard InChI is InChI=1S/C19H23ClN4O4S/c1-24(2)11-10-13-4-7-15(8-5-13)28-16-9-6-14(12-17(16)29(3,26)27)18(25)22-19(21)23-20/h4-9,12H,10-11H2,1-3H3,(H3,21,22,23,25). The monoisotopic (exact) mass is 438 g/mol. The molecule has 0 heterocycles. The molecule has 2 aromatic rings. The fourth-order valence-corrected chi connectivity index (χ4v) is 3.30. The molecule has 8 nitrogen and oxygen atoms in total. The maximum atomic E-state index is 12.2. The zero-order valence-corrected chi connectivity index (χ0v) is 17.9. The fraction of sp³-hybridized carbons (Fsp3) is 0.263. The van der Waals surface area contributed by atoms with Gasteiger partial charge in [0.2, 0.25) is 5.96 Å². The Morgan fingerprint density at radius 3 is 2.41 bits per heavy atom. The zero-order valence-electron chi connectivity index (χ0n) is 16.3. The predicted octanol–water partition coefficient (Wildman–Crippen LogP) is 2.18. The van der Waals surface area contributed by atoms with Crippen LogP contribution in [0.5, 0.6) is 11.5 Å². The van der Waals surface area contributed by atoms with E-state index in [-0.39, 0.29) is 22.2 Å². The Bertz CT molecular complexity index is 1010. The van der Waals surface area contributed by atoms with Gasteiger partial charge in [0.25, 0.3) is 5.91 Å². The third kappa shape index (κ3) is 6.74. The van der Waals surface area contributed by atoms with E-state index in [4.69, 9.17) is 22.2 Å². The van der Waals surface area contributed by atoms with Gasteiger partial charge in [-0.25, -0.2) is 8.42 Å². The van der Waals surface area contributed by atoms with Gasteiger partial charge in [-0.2, -0.15) is 0 Å². The summed E-state index contributed by atoms with van der Waals surface area (Å²) in [5.41, 5.74) is 6.57. The number of halogens is 1. The van der Waals surface area contributed by atoms with Crippen LogP contribution in [0.2, 0.25) is 0 Å². The summed E-state index contributed by atoms with van der Waals surface area (Å²) in [5, 5.41) is 2.24. The molecule has 0 saturated heterocycles. The lowest BCUT2D eigenvalue weighted by Gasteiger charge is -2.13. The number of carbonyl (C=O) groups is 1. The number of guanidine groups is 1. The molecule has 0 bridgehead atoms. The predicted molar refractivity (Wildman–Crippen MR) is 113 cm³/mol. The molecule has 0 atom stereocenters. The Labute approximate surface area is 175 Å². The van der Waals surface area contributed by atoms with Gasteiger partial charge in [0.15, 0.2) is 9.84 Å². The molecule has 0 aliphatic rings. The van der Waals surface area contributed by atoms with Gasteiger partial charge in [-0.1, -0.05) is 12.1 Å². The first-order chi connectivity index (χ1) is 13.6. The van der Waals surface area contributed by atoms with Crippen molar-refractivity contribution in [3.63, 3.8) is 0 Å². The van der Waals surface area contributed by atoms with Gasteiger partial charge in [0.05, 0.1) is 0 Å². The minimum atomic E-state index is -3.67. The molecule has 1 amide bonds. The zero-order chi connectivity index (χ0) is 21.6. The highest BCUT2D eigenvalue weighted by atomic mass is 35.5. The van der Waals surface area contributed by atoms with Crippen LogP contribution in [0.1, 0.15) is 15.9 Å². The lowest BCUT2D eigenvalue weighted by Crippen LogP contribution is -2.36. The molecule has 2 aromatic carbocycles. The average molecular weight is 439 g/mol. The van der Waals surface area contributed by atoms with Gasteiger partial charge in [-0.3, -0.25) is 10.1 Å². The molecular formula is C19H23ClN4O4S. The summed E-state index contributed by atoms with van der Waals surface area (Å²) in [7, 11) is 0.342. The second-order valence-electron chi connectivity index (χ2n) is 6.66. The van der Waals surface area contributed by atoms with Crippen LogP contribution in [0, 0.1) is 0 Å². The summed E-state index contributed by atoms with van der Waals surface area (Å²) in [6.45, 7) is 0.918. The molecule has 0 aliphatic heterocycles. The fourth-order valence-electron chi connectivity index (χ4n) is 2.44. The number of nitrogens with two attached hydrogens (primary N) is 1. The number of likely N-dealkylation sites (N-methyl/N-ethyl adjacent to an activating group) is 1. The Kier molecular flexibility index (Phi) is 7.60. The van der Waals surface area contributed by atoms with Crippen molar-refractivity contribution >= 4 is 33.5 Å². The number of ether oxygens (including phenoxy) is 1. The molecule has 0 unspecified atom stereocenters. The van der Waals surface area contributed by atoms with E-state index in [1.165, 1.54) is 18.2 Å². The van der Waals surface area contributed by atoms with Crippen molar-refractivity contribution in [3.05, 3.63) is 53.6 Å². The van der Waals surface area contributed by atoms with Crippen molar-refractivity contribution in [2.45, 2.75) is 11.3 Å². The van der Waals surface area contributed by atoms with E-state index in [2.05, 4.69) is 14.7 Å². The minimum absolute atomic E-state index is 0.0695. The topological polar surface area (TPSA) is 114 Å². The van der Waals surface area contributed by atoms with Crippen LogP contribution in [-0.4, -0.2) is 52.1 Å². The highest BCUT2D eigenvalue weighted by Crippen LogP contribution is 2.30. The minimum Gasteiger partial charge on any atom is -0.456 e. The normalized spacial score (nSPS) is 12.1. The molecule has 2 rings (SSSR count). The van der Waals surface area contributed by atoms with E-state index in [9.17, 15) is 13.2 Å². The van der Waals surface area contributed by atoms with Gasteiger partial charge >= 0.3 is 0 Å². The lowest BCUT2D eigenvalue weighted by atomic mass is 10.1. The van der Waals surface area contributed by atoms with Gasteiger partial charge in [0, 0.05) is 30.1 Å². The average Bonchev–Trinajstić information content (AvgIpc) is 2.66. The van der Waals surface area contributed by atoms with Crippen molar-refractivity contribution in [1.82, 2.24) is 10.2 Å². The van der Waals surface area contributed by atoms with Crippen molar-refractivity contribution in [1.29, 1.82) is 0 Å². The quantitative estimate of drug-likeness (QED) is 0.506.